The molecular formula is C16H26N2S. The number of nitrogens with zero attached hydrogens (tertiary/aromatic N) is 1. The number of nitrogens with one attached hydrogen (secondary N) is 1. The van der Waals surface area contributed by atoms with Crippen molar-refractivity contribution in [3.63, 3.8) is 0 Å². The molecule has 1 fully saturated rings. The zero-order chi connectivity index (χ0) is 13.7. The van der Waals surface area contributed by atoms with Crippen LogP contribution in [0, 0.1) is 0 Å². The predicted octanol–water partition coefficient (Wildman–Crippen LogP) is 3.16. The molecule has 0 aliphatic carbocycles. The molecular weight excluding hydrogens is 252 g/mol. The zero-order valence-electron chi connectivity index (χ0n) is 12.3. The average molecular weight is 278 g/mol. The van der Waals surface area contributed by atoms with Gasteiger partial charge in [0.25, 0.3) is 0 Å². The monoisotopic (exact) mass is 278 g/mol. The van der Waals surface area contributed by atoms with Gasteiger partial charge in [-0.15, -0.1) is 0 Å². The van der Waals surface area contributed by atoms with Crippen LogP contribution in [0.4, 0.5) is 0 Å². The Labute approximate surface area is 122 Å². The number of hydrogen-bond donors (Lipinski definition) is 1. The minimum Gasteiger partial charge on any atom is -0.307 e. The van der Waals surface area contributed by atoms with E-state index in [1.54, 1.807) is 0 Å². The maximum absolute atomic E-state index is 3.68. The van der Waals surface area contributed by atoms with Crippen molar-refractivity contribution in [1.82, 2.24) is 10.2 Å². The largest absolute Gasteiger partial charge is 0.307 e. The lowest BCUT2D eigenvalue weighted by Crippen LogP contribution is -2.54. The molecule has 0 amide bonds. The number of piperazine rings is 1. The minimum atomic E-state index is 0.481. The van der Waals surface area contributed by atoms with Crippen molar-refractivity contribution in [3.8, 4) is 0 Å². The normalized spacial score (nSPS) is 26.3. The van der Waals surface area contributed by atoms with E-state index >= 15 is 0 Å². The molecule has 0 saturated carbocycles. The first kappa shape index (κ1) is 14.9. The van der Waals surface area contributed by atoms with E-state index in [9.17, 15) is 0 Å². The van der Waals surface area contributed by atoms with Crippen LogP contribution in [0.2, 0.25) is 0 Å². The highest BCUT2D eigenvalue weighted by molar-refractivity contribution is 7.98. The summed E-state index contributed by atoms with van der Waals surface area (Å²) in [6, 6.07) is 12.6. The highest BCUT2D eigenvalue weighted by atomic mass is 32.2. The third-order valence-electron chi connectivity index (χ3n) is 4.13. The number of rotatable bonds is 5. The molecule has 106 valence electrons. The van der Waals surface area contributed by atoms with E-state index in [0.29, 0.717) is 18.1 Å². The molecule has 1 aliphatic heterocycles. The summed E-state index contributed by atoms with van der Waals surface area (Å²) in [6.07, 6.45) is 3.48. The summed E-state index contributed by atoms with van der Waals surface area (Å²) in [5.41, 5.74) is 1.41. The summed E-state index contributed by atoms with van der Waals surface area (Å²) >= 11 is 1.95. The van der Waals surface area contributed by atoms with Crippen LogP contribution < -0.4 is 5.32 Å². The Kier molecular flexibility index (Phi) is 5.74. The Balaban J connectivity index is 1.99. The van der Waals surface area contributed by atoms with E-state index < -0.39 is 0 Å². The molecule has 1 aliphatic rings. The predicted molar refractivity (Wildman–Crippen MR) is 85.8 cm³/mol. The van der Waals surface area contributed by atoms with Crippen molar-refractivity contribution in [1.29, 1.82) is 0 Å². The standard InChI is InChI=1S/C16H26N2S/c1-13(9-10-19-3)18-12-16(17-11-14(18)2)15-7-5-4-6-8-15/h4-8,13-14,16-17H,9-12H2,1-3H3. The fourth-order valence-electron chi connectivity index (χ4n) is 2.86. The molecule has 0 aromatic heterocycles. The second-order valence-electron chi connectivity index (χ2n) is 5.55. The molecule has 0 bridgehead atoms. The van der Waals surface area contributed by atoms with Gasteiger partial charge in [0, 0.05) is 31.2 Å². The molecule has 19 heavy (non-hydrogen) atoms. The summed E-state index contributed by atoms with van der Waals surface area (Å²) in [7, 11) is 0. The number of benzene rings is 1. The van der Waals surface area contributed by atoms with Crippen LogP contribution in [-0.2, 0) is 0 Å². The quantitative estimate of drug-likeness (QED) is 0.890. The second-order valence-corrected chi connectivity index (χ2v) is 6.53. The van der Waals surface area contributed by atoms with Crippen LogP contribution in [0.15, 0.2) is 30.3 Å². The van der Waals surface area contributed by atoms with Gasteiger partial charge < -0.3 is 5.32 Å². The van der Waals surface area contributed by atoms with E-state index in [0.717, 1.165) is 13.1 Å². The summed E-state index contributed by atoms with van der Waals surface area (Å²) in [6.45, 7) is 6.92. The van der Waals surface area contributed by atoms with Gasteiger partial charge in [-0.25, -0.2) is 0 Å². The lowest BCUT2D eigenvalue weighted by molar-refractivity contribution is 0.0972. The third kappa shape index (κ3) is 3.98. The van der Waals surface area contributed by atoms with Gasteiger partial charge in [-0.2, -0.15) is 11.8 Å². The maximum atomic E-state index is 3.68. The first-order valence-corrected chi connectivity index (χ1v) is 8.64. The van der Waals surface area contributed by atoms with E-state index in [4.69, 9.17) is 0 Å². The Bertz CT molecular complexity index is 368. The van der Waals surface area contributed by atoms with Gasteiger partial charge in [-0.05, 0) is 37.8 Å². The fraction of sp³-hybridized carbons (Fsp3) is 0.625. The SMILES string of the molecule is CSCCC(C)N1CC(c2ccccc2)NCC1C. The van der Waals surface area contributed by atoms with Gasteiger partial charge >= 0.3 is 0 Å². The molecule has 2 rings (SSSR count). The summed E-state index contributed by atoms with van der Waals surface area (Å²) in [5.74, 6) is 1.26. The first-order chi connectivity index (χ1) is 9.22. The summed E-state index contributed by atoms with van der Waals surface area (Å²) in [4.78, 5) is 2.67. The molecule has 3 unspecified atom stereocenters. The highest BCUT2D eigenvalue weighted by Gasteiger charge is 2.28. The van der Waals surface area contributed by atoms with Crippen LogP contribution >= 0.6 is 11.8 Å². The Hall–Kier alpha value is -0.510. The molecule has 1 aromatic rings. The van der Waals surface area contributed by atoms with E-state index in [1.165, 1.54) is 17.7 Å². The molecule has 1 heterocycles. The number of hydrogen-bond acceptors (Lipinski definition) is 3. The average Bonchev–Trinajstić information content (AvgIpc) is 2.46. The van der Waals surface area contributed by atoms with Gasteiger partial charge in [0.15, 0.2) is 0 Å². The van der Waals surface area contributed by atoms with Crippen molar-refractivity contribution >= 4 is 11.8 Å². The van der Waals surface area contributed by atoms with Crippen molar-refractivity contribution in [2.24, 2.45) is 0 Å². The molecule has 3 heteroatoms. The maximum Gasteiger partial charge on any atom is 0.0450 e. The van der Waals surface area contributed by atoms with Crippen molar-refractivity contribution in [2.45, 2.75) is 38.4 Å². The summed E-state index contributed by atoms with van der Waals surface area (Å²) < 4.78 is 0. The summed E-state index contributed by atoms with van der Waals surface area (Å²) in [5, 5.41) is 3.68. The topological polar surface area (TPSA) is 15.3 Å². The van der Waals surface area contributed by atoms with Crippen molar-refractivity contribution in [3.05, 3.63) is 35.9 Å². The number of thioether (sulfide) groups is 1. The van der Waals surface area contributed by atoms with E-state index in [-0.39, 0.29) is 0 Å². The Morgan fingerprint density at radius 1 is 1.37 bits per heavy atom. The first-order valence-electron chi connectivity index (χ1n) is 7.25. The van der Waals surface area contributed by atoms with Gasteiger partial charge in [-0.1, -0.05) is 30.3 Å². The molecule has 1 aromatic carbocycles. The minimum absolute atomic E-state index is 0.481. The van der Waals surface area contributed by atoms with Gasteiger partial charge in [0.2, 0.25) is 0 Å². The Morgan fingerprint density at radius 2 is 2.11 bits per heavy atom. The van der Waals surface area contributed by atoms with Crippen LogP contribution in [0.25, 0.3) is 0 Å². The smallest absolute Gasteiger partial charge is 0.0450 e. The van der Waals surface area contributed by atoms with E-state index in [1.807, 2.05) is 11.8 Å². The van der Waals surface area contributed by atoms with Crippen LogP contribution in [0.1, 0.15) is 31.9 Å². The van der Waals surface area contributed by atoms with Gasteiger partial charge in [0.1, 0.15) is 0 Å². The molecule has 1 saturated heterocycles. The lowest BCUT2D eigenvalue weighted by Gasteiger charge is -2.42. The lowest BCUT2D eigenvalue weighted by atomic mass is 10.0. The van der Waals surface area contributed by atoms with Crippen molar-refractivity contribution < 1.29 is 0 Å². The Morgan fingerprint density at radius 3 is 2.79 bits per heavy atom. The van der Waals surface area contributed by atoms with Gasteiger partial charge in [0.05, 0.1) is 0 Å². The zero-order valence-corrected chi connectivity index (χ0v) is 13.1. The molecule has 0 radical (unpaired) electrons. The fourth-order valence-corrected chi connectivity index (χ4v) is 3.44. The molecule has 1 N–H and O–H groups in total. The van der Waals surface area contributed by atoms with E-state index in [2.05, 4.69) is 60.7 Å². The van der Waals surface area contributed by atoms with Crippen LogP contribution in [-0.4, -0.2) is 42.1 Å². The second kappa shape index (κ2) is 7.32. The molecule has 2 nitrogen and oxygen atoms in total. The van der Waals surface area contributed by atoms with Crippen LogP contribution in [0.3, 0.4) is 0 Å². The van der Waals surface area contributed by atoms with Crippen LogP contribution in [0.5, 0.6) is 0 Å². The third-order valence-corrected chi connectivity index (χ3v) is 4.77. The molecule has 3 atom stereocenters. The molecule has 0 spiro atoms. The highest BCUT2D eigenvalue weighted by Crippen LogP contribution is 2.22. The van der Waals surface area contributed by atoms with Crippen molar-refractivity contribution in [2.75, 3.05) is 25.1 Å². The van der Waals surface area contributed by atoms with Gasteiger partial charge in [-0.3, -0.25) is 4.90 Å².